The van der Waals surface area contributed by atoms with Crippen molar-refractivity contribution < 1.29 is 18.7 Å². The zero-order valence-corrected chi connectivity index (χ0v) is 18.1. The van der Waals surface area contributed by atoms with Gasteiger partial charge in [0.25, 0.3) is 0 Å². The molecule has 1 aliphatic heterocycles. The molecular formula is C23H18FN5O3S. The number of nitrogens with one attached hydrogen (secondary N) is 1. The SMILES string of the molecule is O=C(CSc1nnc(-c2ccncc2)n1-c1ccc(F)cc1)NCc1ccc2c(c1)OCO2. The molecule has 3 heterocycles. The molecule has 0 fully saturated rings. The lowest BCUT2D eigenvalue weighted by Crippen LogP contribution is -2.24. The summed E-state index contributed by atoms with van der Waals surface area (Å²) in [5, 5.41) is 12.0. The van der Waals surface area contributed by atoms with Crippen molar-refractivity contribution >= 4 is 17.7 Å². The van der Waals surface area contributed by atoms with E-state index in [2.05, 4.69) is 20.5 Å². The number of nitrogens with zero attached hydrogens (tertiary/aromatic N) is 4. The van der Waals surface area contributed by atoms with Crippen LogP contribution in [0.15, 0.2) is 72.1 Å². The van der Waals surface area contributed by atoms with Crippen LogP contribution >= 0.6 is 11.8 Å². The van der Waals surface area contributed by atoms with Crippen LogP contribution in [-0.2, 0) is 11.3 Å². The Morgan fingerprint density at radius 2 is 1.82 bits per heavy atom. The van der Waals surface area contributed by atoms with E-state index < -0.39 is 0 Å². The van der Waals surface area contributed by atoms with Crippen LogP contribution in [0.25, 0.3) is 17.1 Å². The van der Waals surface area contributed by atoms with Crippen molar-refractivity contribution in [2.24, 2.45) is 0 Å². The van der Waals surface area contributed by atoms with Gasteiger partial charge in [-0.15, -0.1) is 10.2 Å². The van der Waals surface area contributed by atoms with Gasteiger partial charge in [0, 0.05) is 30.2 Å². The van der Waals surface area contributed by atoms with Gasteiger partial charge in [-0.2, -0.15) is 0 Å². The summed E-state index contributed by atoms with van der Waals surface area (Å²) in [6.45, 7) is 0.570. The van der Waals surface area contributed by atoms with Gasteiger partial charge < -0.3 is 14.8 Å². The standard InChI is InChI=1S/C23H18FN5O3S/c24-17-2-4-18(5-3-17)29-22(16-7-9-25-10-8-16)27-28-23(29)33-13-21(30)26-12-15-1-6-19-20(11-15)32-14-31-19/h1-11H,12-14H2,(H,26,30). The van der Waals surface area contributed by atoms with Crippen molar-refractivity contribution in [2.75, 3.05) is 12.5 Å². The number of pyridine rings is 1. The van der Waals surface area contributed by atoms with Crippen molar-refractivity contribution in [1.29, 1.82) is 0 Å². The minimum atomic E-state index is -0.339. The average molecular weight is 463 g/mol. The zero-order chi connectivity index (χ0) is 22.6. The molecule has 0 spiro atoms. The number of ether oxygens (including phenoxy) is 2. The fraction of sp³-hybridized carbons (Fsp3) is 0.130. The molecule has 2 aromatic carbocycles. The molecule has 1 N–H and O–H groups in total. The van der Waals surface area contributed by atoms with E-state index in [0.29, 0.717) is 34.7 Å². The van der Waals surface area contributed by atoms with E-state index in [0.717, 1.165) is 11.1 Å². The summed E-state index contributed by atoms with van der Waals surface area (Å²) in [5.74, 6) is 1.59. The molecule has 2 aromatic heterocycles. The summed E-state index contributed by atoms with van der Waals surface area (Å²) in [6.07, 6.45) is 3.32. The van der Waals surface area contributed by atoms with Crippen molar-refractivity contribution in [3.63, 3.8) is 0 Å². The molecule has 5 rings (SSSR count). The Morgan fingerprint density at radius 1 is 1.03 bits per heavy atom. The van der Waals surface area contributed by atoms with E-state index in [-0.39, 0.29) is 24.3 Å². The highest BCUT2D eigenvalue weighted by Gasteiger charge is 2.18. The third-order valence-electron chi connectivity index (χ3n) is 4.92. The van der Waals surface area contributed by atoms with Gasteiger partial charge in [0.15, 0.2) is 22.5 Å². The maximum absolute atomic E-state index is 13.5. The maximum atomic E-state index is 13.5. The summed E-state index contributed by atoms with van der Waals surface area (Å²) < 4.78 is 25.9. The second kappa shape index (κ2) is 9.29. The number of thioether (sulfide) groups is 1. The van der Waals surface area contributed by atoms with Crippen LogP contribution in [0, 0.1) is 5.82 Å². The normalized spacial score (nSPS) is 12.0. The Kier molecular flexibility index (Phi) is 5.90. The highest BCUT2D eigenvalue weighted by atomic mass is 32.2. The molecule has 0 saturated heterocycles. The molecule has 0 bridgehead atoms. The van der Waals surface area contributed by atoms with Gasteiger partial charge in [-0.05, 0) is 54.1 Å². The fourth-order valence-corrected chi connectivity index (χ4v) is 4.09. The number of benzene rings is 2. The molecule has 10 heteroatoms. The second-order valence-corrected chi connectivity index (χ2v) is 8.05. The van der Waals surface area contributed by atoms with E-state index in [9.17, 15) is 9.18 Å². The number of rotatable bonds is 7. The Morgan fingerprint density at radius 3 is 2.64 bits per heavy atom. The highest BCUT2D eigenvalue weighted by Crippen LogP contribution is 2.32. The van der Waals surface area contributed by atoms with E-state index in [4.69, 9.17) is 9.47 Å². The number of fused-ring (bicyclic) bond motifs is 1. The smallest absolute Gasteiger partial charge is 0.231 e. The Bertz CT molecular complexity index is 1280. The average Bonchev–Trinajstić information content (AvgIpc) is 3.49. The van der Waals surface area contributed by atoms with Crippen LogP contribution in [0.3, 0.4) is 0 Å². The van der Waals surface area contributed by atoms with Crippen LogP contribution in [0.2, 0.25) is 0 Å². The predicted octanol–water partition coefficient (Wildman–Crippen LogP) is 3.61. The second-order valence-electron chi connectivity index (χ2n) is 7.11. The summed E-state index contributed by atoms with van der Waals surface area (Å²) in [5.41, 5.74) is 2.41. The number of aromatic nitrogens is 4. The molecule has 0 saturated carbocycles. The van der Waals surface area contributed by atoms with Crippen LogP contribution in [0.5, 0.6) is 11.5 Å². The fourth-order valence-electron chi connectivity index (χ4n) is 3.31. The lowest BCUT2D eigenvalue weighted by Gasteiger charge is -2.10. The van der Waals surface area contributed by atoms with Gasteiger partial charge in [-0.1, -0.05) is 17.8 Å². The lowest BCUT2D eigenvalue weighted by molar-refractivity contribution is -0.118. The first-order chi connectivity index (χ1) is 16.2. The summed E-state index contributed by atoms with van der Waals surface area (Å²) in [7, 11) is 0. The molecule has 1 aliphatic rings. The van der Waals surface area contributed by atoms with Gasteiger partial charge >= 0.3 is 0 Å². The summed E-state index contributed by atoms with van der Waals surface area (Å²) >= 11 is 1.25. The van der Waals surface area contributed by atoms with Crippen LogP contribution in [-0.4, -0.2) is 38.2 Å². The quantitative estimate of drug-likeness (QED) is 0.419. The first kappa shape index (κ1) is 21.0. The van der Waals surface area contributed by atoms with E-state index in [1.54, 1.807) is 29.1 Å². The van der Waals surface area contributed by atoms with Crippen molar-refractivity contribution in [3.8, 4) is 28.6 Å². The molecule has 4 aromatic rings. The third kappa shape index (κ3) is 4.65. The summed E-state index contributed by atoms with van der Waals surface area (Å²) in [6, 6.07) is 15.2. The number of hydrogen-bond donors (Lipinski definition) is 1. The van der Waals surface area contributed by atoms with E-state index >= 15 is 0 Å². The van der Waals surface area contributed by atoms with Gasteiger partial charge in [-0.3, -0.25) is 14.3 Å². The van der Waals surface area contributed by atoms with Gasteiger partial charge in [-0.25, -0.2) is 4.39 Å². The van der Waals surface area contributed by atoms with E-state index in [1.165, 1.54) is 23.9 Å². The zero-order valence-electron chi connectivity index (χ0n) is 17.3. The molecule has 166 valence electrons. The summed E-state index contributed by atoms with van der Waals surface area (Å²) in [4.78, 5) is 16.5. The van der Waals surface area contributed by atoms with Gasteiger partial charge in [0.1, 0.15) is 5.82 Å². The Labute approximate surface area is 192 Å². The highest BCUT2D eigenvalue weighted by molar-refractivity contribution is 7.99. The molecule has 33 heavy (non-hydrogen) atoms. The van der Waals surface area contributed by atoms with E-state index in [1.807, 2.05) is 30.3 Å². The third-order valence-corrected chi connectivity index (χ3v) is 5.84. The van der Waals surface area contributed by atoms with Crippen molar-refractivity contribution in [1.82, 2.24) is 25.1 Å². The molecule has 0 atom stereocenters. The minimum Gasteiger partial charge on any atom is -0.454 e. The Balaban J connectivity index is 1.30. The Hall–Kier alpha value is -3.92. The number of carbonyl (C=O) groups excluding carboxylic acids is 1. The topological polar surface area (TPSA) is 91.2 Å². The molecule has 8 nitrogen and oxygen atoms in total. The van der Waals surface area contributed by atoms with Crippen molar-refractivity contribution in [3.05, 3.63) is 78.4 Å². The lowest BCUT2D eigenvalue weighted by atomic mass is 10.2. The van der Waals surface area contributed by atoms with Crippen LogP contribution in [0.4, 0.5) is 4.39 Å². The first-order valence-electron chi connectivity index (χ1n) is 10.1. The first-order valence-corrected chi connectivity index (χ1v) is 11.1. The van der Waals surface area contributed by atoms with Gasteiger partial charge in [0.2, 0.25) is 12.7 Å². The molecule has 0 radical (unpaired) electrons. The molecule has 0 unspecified atom stereocenters. The minimum absolute atomic E-state index is 0.139. The number of hydrogen-bond acceptors (Lipinski definition) is 7. The maximum Gasteiger partial charge on any atom is 0.231 e. The largest absolute Gasteiger partial charge is 0.454 e. The van der Waals surface area contributed by atoms with Crippen molar-refractivity contribution in [2.45, 2.75) is 11.7 Å². The number of amides is 1. The molecule has 1 amide bonds. The van der Waals surface area contributed by atoms with Gasteiger partial charge in [0.05, 0.1) is 5.75 Å². The molecular weight excluding hydrogens is 445 g/mol. The number of carbonyl (C=O) groups is 1. The number of halogens is 1. The predicted molar refractivity (Wildman–Crippen MR) is 120 cm³/mol. The molecule has 0 aliphatic carbocycles. The van der Waals surface area contributed by atoms with Crippen LogP contribution < -0.4 is 14.8 Å². The monoisotopic (exact) mass is 463 g/mol. The van der Waals surface area contributed by atoms with Crippen LogP contribution in [0.1, 0.15) is 5.56 Å².